The lowest BCUT2D eigenvalue weighted by atomic mass is 10.2. The second kappa shape index (κ2) is 16.8. The van der Waals surface area contributed by atoms with Gasteiger partial charge in [0.15, 0.2) is 0 Å². The first-order valence-electron chi connectivity index (χ1n) is 8.01. The summed E-state index contributed by atoms with van der Waals surface area (Å²) < 4.78 is 0. The van der Waals surface area contributed by atoms with E-state index in [1.54, 1.807) is 0 Å². The SMILES string of the molecule is CC(C)CNCCNCCNCCNCCNCCN. The first-order valence-corrected chi connectivity index (χ1v) is 8.01. The first kappa shape index (κ1) is 19.8. The van der Waals surface area contributed by atoms with Crippen molar-refractivity contribution >= 4 is 0 Å². The van der Waals surface area contributed by atoms with Crippen molar-refractivity contribution in [1.82, 2.24) is 26.6 Å². The molecule has 0 bridgehead atoms. The molecule has 0 rings (SSSR count). The second-order valence-electron chi connectivity index (χ2n) is 5.39. The maximum Gasteiger partial charge on any atom is 0.00772 e. The molecule has 0 amide bonds. The molecule has 6 heteroatoms. The lowest BCUT2D eigenvalue weighted by Gasteiger charge is -2.09. The highest BCUT2D eigenvalue weighted by atomic mass is 15.0. The molecule has 0 atom stereocenters. The largest absolute Gasteiger partial charge is 0.329 e. The molecule has 0 saturated carbocycles. The molecule has 0 saturated heterocycles. The molecule has 0 aromatic heterocycles. The number of hydrogen-bond donors (Lipinski definition) is 6. The summed E-state index contributed by atoms with van der Waals surface area (Å²) >= 11 is 0. The van der Waals surface area contributed by atoms with Gasteiger partial charge in [-0.2, -0.15) is 0 Å². The van der Waals surface area contributed by atoms with Crippen LogP contribution in [0.25, 0.3) is 0 Å². The molecule has 7 N–H and O–H groups in total. The van der Waals surface area contributed by atoms with Crippen LogP contribution in [0.5, 0.6) is 0 Å². The Balaban J connectivity index is 2.92. The van der Waals surface area contributed by atoms with Crippen molar-refractivity contribution in [3.8, 4) is 0 Å². The summed E-state index contributed by atoms with van der Waals surface area (Å²) in [4.78, 5) is 0. The smallest absolute Gasteiger partial charge is 0.00772 e. The molecule has 0 aliphatic rings. The third kappa shape index (κ3) is 17.8. The van der Waals surface area contributed by atoms with E-state index in [2.05, 4.69) is 40.4 Å². The number of nitrogens with one attached hydrogen (secondary N) is 5. The highest BCUT2D eigenvalue weighted by Crippen LogP contribution is 1.85. The molecule has 0 radical (unpaired) electrons. The highest BCUT2D eigenvalue weighted by molar-refractivity contribution is 4.58. The van der Waals surface area contributed by atoms with Crippen LogP contribution in [0.4, 0.5) is 0 Å². The van der Waals surface area contributed by atoms with Crippen molar-refractivity contribution < 1.29 is 0 Å². The molecule has 122 valence electrons. The molecule has 0 heterocycles. The van der Waals surface area contributed by atoms with Crippen LogP contribution in [0.1, 0.15) is 13.8 Å². The zero-order valence-corrected chi connectivity index (χ0v) is 13.4. The monoisotopic (exact) mass is 288 g/mol. The summed E-state index contributed by atoms with van der Waals surface area (Å²) in [5, 5.41) is 16.9. The van der Waals surface area contributed by atoms with E-state index in [1.807, 2.05) is 0 Å². The quantitative estimate of drug-likeness (QED) is 0.195. The van der Waals surface area contributed by atoms with Gasteiger partial charge in [0, 0.05) is 65.4 Å². The molecule has 6 nitrogen and oxygen atoms in total. The van der Waals surface area contributed by atoms with E-state index in [-0.39, 0.29) is 0 Å². The van der Waals surface area contributed by atoms with Gasteiger partial charge in [-0.05, 0) is 12.5 Å². The van der Waals surface area contributed by atoms with Gasteiger partial charge in [0.2, 0.25) is 0 Å². The van der Waals surface area contributed by atoms with Gasteiger partial charge in [0.25, 0.3) is 0 Å². The average Bonchev–Trinajstić information content (AvgIpc) is 2.43. The topological polar surface area (TPSA) is 86.2 Å². The summed E-state index contributed by atoms with van der Waals surface area (Å²) in [6, 6.07) is 0. The van der Waals surface area contributed by atoms with Gasteiger partial charge in [0.05, 0.1) is 0 Å². The molecule has 0 aromatic rings. The lowest BCUT2D eigenvalue weighted by Crippen LogP contribution is -2.37. The van der Waals surface area contributed by atoms with Gasteiger partial charge >= 0.3 is 0 Å². The normalized spacial score (nSPS) is 11.4. The van der Waals surface area contributed by atoms with Crippen LogP contribution in [0.2, 0.25) is 0 Å². The van der Waals surface area contributed by atoms with E-state index in [1.165, 1.54) is 0 Å². The summed E-state index contributed by atoms with van der Waals surface area (Å²) in [6.07, 6.45) is 0. The third-order valence-electron chi connectivity index (χ3n) is 2.79. The van der Waals surface area contributed by atoms with Crippen LogP contribution < -0.4 is 32.3 Å². The minimum absolute atomic E-state index is 0.710. The Morgan fingerprint density at radius 1 is 0.600 bits per heavy atom. The Morgan fingerprint density at radius 3 is 1.30 bits per heavy atom. The molecule has 20 heavy (non-hydrogen) atoms. The minimum Gasteiger partial charge on any atom is -0.329 e. The maximum absolute atomic E-state index is 5.39. The van der Waals surface area contributed by atoms with Crippen LogP contribution in [-0.2, 0) is 0 Å². The predicted octanol–water partition coefficient (Wildman–Crippen LogP) is -1.45. The van der Waals surface area contributed by atoms with Crippen molar-refractivity contribution in [2.75, 3.05) is 72.0 Å². The van der Waals surface area contributed by atoms with Crippen LogP contribution in [0, 0.1) is 5.92 Å². The number of rotatable bonds is 16. The summed E-state index contributed by atoms with van der Waals surface area (Å²) in [6.45, 7) is 15.3. The molecule has 0 aliphatic carbocycles. The van der Waals surface area contributed by atoms with Crippen LogP contribution in [-0.4, -0.2) is 72.0 Å². The van der Waals surface area contributed by atoms with Gasteiger partial charge in [-0.15, -0.1) is 0 Å². The van der Waals surface area contributed by atoms with E-state index in [0.29, 0.717) is 6.54 Å². The fraction of sp³-hybridized carbons (Fsp3) is 1.00. The average molecular weight is 288 g/mol. The van der Waals surface area contributed by atoms with Crippen LogP contribution in [0.15, 0.2) is 0 Å². The van der Waals surface area contributed by atoms with Crippen molar-refractivity contribution in [3.05, 3.63) is 0 Å². The van der Waals surface area contributed by atoms with Crippen molar-refractivity contribution in [2.45, 2.75) is 13.8 Å². The molecule has 0 unspecified atom stereocenters. The zero-order valence-electron chi connectivity index (χ0n) is 13.4. The Bertz CT molecular complexity index is 177. The van der Waals surface area contributed by atoms with Gasteiger partial charge < -0.3 is 32.3 Å². The van der Waals surface area contributed by atoms with Crippen molar-refractivity contribution in [1.29, 1.82) is 0 Å². The van der Waals surface area contributed by atoms with E-state index in [4.69, 9.17) is 5.73 Å². The first-order chi connectivity index (χ1) is 9.77. The van der Waals surface area contributed by atoms with Crippen molar-refractivity contribution in [3.63, 3.8) is 0 Å². The summed E-state index contributed by atoms with van der Waals surface area (Å²) in [5.74, 6) is 0.731. The second-order valence-corrected chi connectivity index (χ2v) is 5.39. The van der Waals surface area contributed by atoms with Gasteiger partial charge in [0.1, 0.15) is 0 Å². The molecule has 0 aromatic carbocycles. The fourth-order valence-electron chi connectivity index (χ4n) is 1.70. The third-order valence-corrected chi connectivity index (χ3v) is 2.79. The van der Waals surface area contributed by atoms with Gasteiger partial charge in [-0.3, -0.25) is 0 Å². The van der Waals surface area contributed by atoms with Gasteiger partial charge in [-0.25, -0.2) is 0 Å². The Hall–Kier alpha value is -0.240. The predicted molar refractivity (Wildman–Crippen MR) is 88.2 cm³/mol. The molecule has 0 aliphatic heterocycles. The van der Waals surface area contributed by atoms with E-state index >= 15 is 0 Å². The molecule has 0 fully saturated rings. The fourth-order valence-corrected chi connectivity index (χ4v) is 1.70. The van der Waals surface area contributed by atoms with E-state index in [0.717, 1.165) is 71.4 Å². The molecular formula is C14H36N6. The van der Waals surface area contributed by atoms with E-state index < -0.39 is 0 Å². The molecule has 0 spiro atoms. The van der Waals surface area contributed by atoms with E-state index in [9.17, 15) is 0 Å². The maximum atomic E-state index is 5.39. The minimum atomic E-state index is 0.710. The zero-order chi connectivity index (χ0) is 14.9. The van der Waals surface area contributed by atoms with Crippen molar-refractivity contribution in [2.24, 2.45) is 11.7 Å². The lowest BCUT2D eigenvalue weighted by molar-refractivity contribution is 0.527. The van der Waals surface area contributed by atoms with Crippen LogP contribution in [0.3, 0.4) is 0 Å². The Kier molecular flexibility index (Phi) is 16.6. The Morgan fingerprint density at radius 2 is 0.950 bits per heavy atom. The number of nitrogens with two attached hydrogens (primary N) is 1. The highest BCUT2D eigenvalue weighted by Gasteiger charge is 1.92. The van der Waals surface area contributed by atoms with Crippen LogP contribution >= 0.6 is 0 Å². The van der Waals surface area contributed by atoms with Gasteiger partial charge in [-0.1, -0.05) is 13.8 Å². The summed E-state index contributed by atoms with van der Waals surface area (Å²) in [7, 11) is 0. The standard InChI is InChI=1S/C14H36N6/c1-14(2)13-20-12-11-19-10-9-18-8-7-17-6-5-16-4-3-15/h14,16-20H,3-13,15H2,1-2H3. The molecular weight excluding hydrogens is 252 g/mol. The summed E-state index contributed by atoms with van der Waals surface area (Å²) in [5.41, 5.74) is 5.39. The Labute approximate surface area is 125 Å². The number of hydrogen-bond acceptors (Lipinski definition) is 6.